The van der Waals surface area contributed by atoms with Crippen molar-refractivity contribution in [1.82, 2.24) is 0 Å². The van der Waals surface area contributed by atoms with Crippen molar-refractivity contribution in [2.45, 2.75) is 4.90 Å². The fraction of sp³-hybridized carbons (Fsp3) is 0.0769. The zero-order chi connectivity index (χ0) is 15.6. The van der Waals surface area contributed by atoms with Crippen molar-refractivity contribution in [2.24, 2.45) is 0 Å². The molecule has 2 aromatic rings. The van der Waals surface area contributed by atoms with Gasteiger partial charge in [0.25, 0.3) is 10.0 Å². The van der Waals surface area contributed by atoms with Crippen LogP contribution in [-0.2, 0) is 10.0 Å². The van der Waals surface area contributed by atoms with Crippen LogP contribution in [0.4, 0.5) is 11.4 Å². The number of rotatable bonds is 4. The van der Waals surface area contributed by atoms with Crippen molar-refractivity contribution < 1.29 is 13.2 Å². The Balaban J connectivity index is 2.42. The fourth-order valence-corrected chi connectivity index (χ4v) is 3.49. The van der Waals surface area contributed by atoms with Crippen molar-refractivity contribution in [1.29, 1.82) is 0 Å². The molecule has 0 radical (unpaired) electrons. The zero-order valence-corrected chi connectivity index (χ0v) is 13.3. The van der Waals surface area contributed by atoms with Gasteiger partial charge in [-0.2, -0.15) is 0 Å². The standard InChI is InChI=1S/C13H12Cl2N2O3S/c1-20-9-3-4-10(14)12(7-9)17-21(18,19)13-5-2-8(16)6-11(13)15/h2-7,17H,16H2,1H3. The number of hydrogen-bond donors (Lipinski definition) is 2. The normalized spacial score (nSPS) is 11.2. The lowest BCUT2D eigenvalue weighted by Crippen LogP contribution is -2.14. The van der Waals surface area contributed by atoms with Crippen LogP contribution in [0, 0.1) is 0 Å². The minimum Gasteiger partial charge on any atom is -0.497 e. The van der Waals surface area contributed by atoms with Gasteiger partial charge in [0, 0.05) is 11.8 Å². The van der Waals surface area contributed by atoms with Gasteiger partial charge in [0.2, 0.25) is 0 Å². The minimum absolute atomic E-state index is 0.0292. The van der Waals surface area contributed by atoms with Gasteiger partial charge >= 0.3 is 0 Å². The maximum Gasteiger partial charge on any atom is 0.263 e. The molecule has 0 fully saturated rings. The number of benzene rings is 2. The van der Waals surface area contributed by atoms with Crippen LogP contribution in [0.1, 0.15) is 0 Å². The molecule has 0 aliphatic rings. The number of ether oxygens (including phenoxy) is 1. The summed E-state index contributed by atoms with van der Waals surface area (Å²) in [4.78, 5) is -0.0859. The summed E-state index contributed by atoms with van der Waals surface area (Å²) >= 11 is 11.9. The third kappa shape index (κ3) is 3.53. The second-order valence-corrected chi connectivity index (χ2v) is 6.61. The largest absolute Gasteiger partial charge is 0.497 e. The number of anilines is 2. The predicted molar refractivity (Wildman–Crippen MR) is 84.7 cm³/mol. The first-order valence-electron chi connectivity index (χ1n) is 5.75. The van der Waals surface area contributed by atoms with Crippen molar-refractivity contribution in [2.75, 3.05) is 17.6 Å². The Kier molecular flexibility index (Phi) is 4.51. The van der Waals surface area contributed by atoms with Gasteiger partial charge in [-0.25, -0.2) is 8.42 Å². The minimum atomic E-state index is -3.89. The van der Waals surface area contributed by atoms with Crippen LogP contribution in [-0.4, -0.2) is 15.5 Å². The lowest BCUT2D eigenvalue weighted by atomic mass is 10.3. The van der Waals surface area contributed by atoms with E-state index in [4.69, 9.17) is 33.7 Å². The predicted octanol–water partition coefficient (Wildman–Crippen LogP) is 3.39. The van der Waals surface area contributed by atoms with Crippen LogP contribution in [0.15, 0.2) is 41.3 Å². The van der Waals surface area contributed by atoms with Gasteiger partial charge in [0.1, 0.15) is 10.6 Å². The van der Waals surface area contributed by atoms with Crippen LogP contribution >= 0.6 is 23.2 Å². The van der Waals surface area contributed by atoms with E-state index in [1.165, 1.54) is 37.4 Å². The Bertz CT molecular complexity index is 779. The van der Waals surface area contributed by atoms with Gasteiger partial charge in [-0.15, -0.1) is 0 Å². The highest BCUT2D eigenvalue weighted by atomic mass is 35.5. The lowest BCUT2D eigenvalue weighted by molar-refractivity contribution is 0.415. The highest BCUT2D eigenvalue weighted by Crippen LogP contribution is 2.31. The molecule has 0 aliphatic heterocycles. The summed E-state index contributed by atoms with van der Waals surface area (Å²) in [6.45, 7) is 0. The first-order valence-corrected chi connectivity index (χ1v) is 7.99. The maximum atomic E-state index is 12.3. The number of hydrogen-bond acceptors (Lipinski definition) is 4. The molecular formula is C13H12Cl2N2O3S. The van der Waals surface area contributed by atoms with Crippen LogP contribution in [0.25, 0.3) is 0 Å². The maximum absolute atomic E-state index is 12.3. The quantitative estimate of drug-likeness (QED) is 0.831. The Morgan fingerprint density at radius 1 is 1.10 bits per heavy atom. The molecule has 2 aromatic carbocycles. The molecule has 8 heteroatoms. The molecule has 0 amide bonds. The molecule has 5 nitrogen and oxygen atoms in total. The number of nitrogen functional groups attached to an aromatic ring is 1. The molecule has 112 valence electrons. The molecule has 21 heavy (non-hydrogen) atoms. The van der Waals surface area contributed by atoms with Crippen molar-refractivity contribution >= 4 is 44.6 Å². The molecule has 3 N–H and O–H groups in total. The summed E-state index contributed by atoms with van der Waals surface area (Å²) < 4.78 is 32.1. The SMILES string of the molecule is COc1ccc(Cl)c(NS(=O)(=O)c2ccc(N)cc2Cl)c1. The molecule has 0 saturated carbocycles. The van der Waals surface area contributed by atoms with E-state index in [0.717, 1.165) is 0 Å². The molecule has 0 aromatic heterocycles. The number of halogens is 2. The van der Waals surface area contributed by atoms with Gasteiger partial charge in [0.15, 0.2) is 0 Å². The van der Waals surface area contributed by atoms with Gasteiger partial charge in [0.05, 0.1) is 22.8 Å². The summed E-state index contributed by atoms with van der Waals surface area (Å²) in [6, 6.07) is 8.77. The molecule has 0 bridgehead atoms. The van der Waals surface area contributed by atoms with E-state index < -0.39 is 10.0 Å². The van der Waals surface area contributed by atoms with E-state index in [1.54, 1.807) is 6.07 Å². The molecule has 0 spiro atoms. The van der Waals surface area contributed by atoms with Crippen molar-refractivity contribution in [3.8, 4) is 5.75 Å². The summed E-state index contributed by atoms with van der Waals surface area (Å²) in [5.41, 5.74) is 6.12. The van der Waals surface area contributed by atoms with E-state index in [-0.39, 0.29) is 20.6 Å². The third-order valence-electron chi connectivity index (χ3n) is 2.66. The van der Waals surface area contributed by atoms with E-state index in [2.05, 4.69) is 4.72 Å². The molecule has 2 rings (SSSR count). The lowest BCUT2D eigenvalue weighted by Gasteiger charge is -2.12. The first-order chi connectivity index (χ1) is 9.83. The van der Waals surface area contributed by atoms with Crippen LogP contribution in [0.5, 0.6) is 5.75 Å². The number of nitrogens with one attached hydrogen (secondary N) is 1. The third-order valence-corrected chi connectivity index (χ3v) is 4.84. The monoisotopic (exact) mass is 346 g/mol. The Morgan fingerprint density at radius 3 is 2.43 bits per heavy atom. The average molecular weight is 347 g/mol. The highest BCUT2D eigenvalue weighted by Gasteiger charge is 2.19. The van der Waals surface area contributed by atoms with Crippen LogP contribution in [0.3, 0.4) is 0 Å². The van der Waals surface area contributed by atoms with E-state index in [9.17, 15) is 8.42 Å². The Morgan fingerprint density at radius 2 is 1.81 bits per heavy atom. The summed E-state index contributed by atoms with van der Waals surface area (Å²) in [6.07, 6.45) is 0. The van der Waals surface area contributed by atoms with E-state index in [0.29, 0.717) is 11.4 Å². The van der Waals surface area contributed by atoms with Gasteiger partial charge in [-0.1, -0.05) is 23.2 Å². The molecule has 0 saturated heterocycles. The van der Waals surface area contributed by atoms with Crippen LogP contribution < -0.4 is 15.2 Å². The van der Waals surface area contributed by atoms with Gasteiger partial charge in [-0.05, 0) is 30.3 Å². The van der Waals surface area contributed by atoms with E-state index in [1.807, 2.05) is 0 Å². The molecule has 0 aliphatic carbocycles. The number of methoxy groups -OCH3 is 1. The average Bonchev–Trinajstić information content (AvgIpc) is 2.40. The van der Waals surface area contributed by atoms with Crippen molar-refractivity contribution in [3.05, 3.63) is 46.4 Å². The second kappa shape index (κ2) is 6.01. The Hall–Kier alpha value is -1.63. The molecule has 0 atom stereocenters. The molecule has 0 heterocycles. The topological polar surface area (TPSA) is 81.4 Å². The summed E-state index contributed by atoms with van der Waals surface area (Å²) in [5.74, 6) is 0.473. The smallest absolute Gasteiger partial charge is 0.263 e. The van der Waals surface area contributed by atoms with E-state index >= 15 is 0 Å². The first kappa shape index (κ1) is 15.8. The van der Waals surface area contributed by atoms with Gasteiger partial charge < -0.3 is 10.5 Å². The zero-order valence-electron chi connectivity index (χ0n) is 10.9. The van der Waals surface area contributed by atoms with Crippen molar-refractivity contribution in [3.63, 3.8) is 0 Å². The summed E-state index contributed by atoms with van der Waals surface area (Å²) in [5, 5.41) is 0.271. The fourth-order valence-electron chi connectivity index (χ4n) is 1.64. The molecular weight excluding hydrogens is 335 g/mol. The second-order valence-electron chi connectivity index (χ2n) is 4.14. The van der Waals surface area contributed by atoms with Crippen LogP contribution in [0.2, 0.25) is 10.0 Å². The van der Waals surface area contributed by atoms with Gasteiger partial charge in [-0.3, -0.25) is 4.72 Å². The Labute approximate surface area is 132 Å². The number of sulfonamides is 1. The highest BCUT2D eigenvalue weighted by molar-refractivity contribution is 7.92. The number of nitrogens with two attached hydrogens (primary N) is 1. The molecule has 0 unspecified atom stereocenters. The summed E-state index contributed by atoms with van der Waals surface area (Å²) in [7, 11) is -2.42.